The minimum absolute atomic E-state index is 0.175. The lowest BCUT2D eigenvalue weighted by molar-refractivity contribution is -0.139. The Hall–Kier alpha value is -1.44. The topological polar surface area (TPSA) is 60.9 Å². The summed E-state index contributed by atoms with van der Waals surface area (Å²) < 4.78 is 27.6. The molecule has 1 aromatic rings. The number of benzene rings is 1. The molecule has 0 aromatic heterocycles. The zero-order chi connectivity index (χ0) is 21.3. The van der Waals surface area contributed by atoms with E-state index in [4.69, 9.17) is 0 Å². The Balaban J connectivity index is 1.62. The first-order valence-electron chi connectivity index (χ1n) is 10.7. The van der Waals surface area contributed by atoms with E-state index in [1.807, 2.05) is 31.7 Å². The van der Waals surface area contributed by atoms with Crippen LogP contribution in [0.3, 0.4) is 0 Å². The van der Waals surface area contributed by atoms with Gasteiger partial charge < -0.3 is 4.90 Å². The van der Waals surface area contributed by atoms with Crippen LogP contribution in [0.15, 0.2) is 23.1 Å². The Morgan fingerprint density at radius 1 is 1.00 bits per heavy atom. The standard InChI is InChI=1S/C22H35N3O3S/c1-16-12-17(2)15-24(14-16)22(26)20(5)23-8-10-25(11-9-23)29(27,28)21-7-6-18(3)19(4)13-21/h6-7,13,16-17,20H,8-12,14-15H2,1-5H3/t16-,17-,20+/m0/s1. The number of hydrogen-bond acceptors (Lipinski definition) is 4. The number of nitrogens with zero attached hydrogens (tertiary/aromatic N) is 3. The van der Waals surface area contributed by atoms with Crippen molar-refractivity contribution in [1.29, 1.82) is 0 Å². The van der Waals surface area contributed by atoms with Crippen LogP contribution in [0.1, 0.15) is 38.3 Å². The van der Waals surface area contributed by atoms with Crippen LogP contribution in [0.4, 0.5) is 0 Å². The number of likely N-dealkylation sites (tertiary alicyclic amines) is 1. The van der Waals surface area contributed by atoms with Gasteiger partial charge in [-0.3, -0.25) is 9.69 Å². The van der Waals surface area contributed by atoms with Crippen LogP contribution in [-0.2, 0) is 14.8 Å². The highest BCUT2D eigenvalue weighted by atomic mass is 32.2. The maximum atomic E-state index is 13.0. The number of piperazine rings is 1. The largest absolute Gasteiger partial charge is 0.341 e. The van der Waals surface area contributed by atoms with Gasteiger partial charge in [-0.25, -0.2) is 8.42 Å². The van der Waals surface area contributed by atoms with Gasteiger partial charge in [0, 0.05) is 39.3 Å². The average molecular weight is 422 g/mol. The van der Waals surface area contributed by atoms with E-state index in [0.717, 1.165) is 24.2 Å². The Morgan fingerprint density at radius 3 is 2.14 bits per heavy atom. The van der Waals surface area contributed by atoms with Crippen molar-refractivity contribution >= 4 is 15.9 Å². The Bertz CT molecular complexity index is 837. The normalized spacial score (nSPS) is 25.8. The second-order valence-electron chi connectivity index (χ2n) is 9.05. The summed E-state index contributed by atoms with van der Waals surface area (Å²) in [7, 11) is -3.49. The molecule has 2 fully saturated rings. The van der Waals surface area contributed by atoms with Crippen molar-refractivity contribution in [1.82, 2.24) is 14.1 Å². The van der Waals surface area contributed by atoms with Crippen LogP contribution >= 0.6 is 0 Å². The fraction of sp³-hybridized carbons (Fsp3) is 0.682. The van der Waals surface area contributed by atoms with Crippen molar-refractivity contribution in [3.8, 4) is 0 Å². The van der Waals surface area contributed by atoms with E-state index in [2.05, 4.69) is 18.7 Å². The molecule has 3 rings (SSSR count). The quantitative estimate of drug-likeness (QED) is 0.749. The minimum atomic E-state index is -3.49. The predicted molar refractivity (Wildman–Crippen MR) is 115 cm³/mol. The van der Waals surface area contributed by atoms with Crippen LogP contribution < -0.4 is 0 Å². The van der Waals surface area contributed by atoms with E-state index in [1.54, 1.807) is 16.4 Å². The summed E-state index contributed by atoms with van der Waals surface area (Å²) in [6, 6.07) is 5.09. The number of carbonyl (C=O) groups excluding carboxylic acids is 1. The molecular weight excluding hydrogens is 386 g/mol. The lowest BCUT2D eigenvalue weighted by atomic mass is 9.91. The summed E-state index contributed by atoms with van der Waals surface area (Å²) in [5.74, 6) is 1.25. The molecule has 0 aliphatic carbocycles. The Kier molecular flexibility index (Phi) is 6.70. The molecule has 6 nitrogen and oxygen atoms in total. The second kappa shape index (κ2) is 8.74. The van der Waals surface area contributed by atoms with E-state index < -0.39 is 10.0 Å². The molecule has 0 N–H and O–H groups in total. The zero-order valence-corrected chi connectivity index (χ0v) is 19.2. The van der Waals surface area contributed by atoms with Crippen molar-refractivity contribution in [3.05, 3.63) is 29.3 Å². The molecule has 0 saturated carbocycles. The Morgan fingerprint density at radius 2 is 1.59 bits per heavy atom. The van der Waals surface area contributed by atoms with Crippen LogP contribution in [0.25, 0.3) is 0 Å². The van der Waals surface area contributed by atoms with Gasteiger partial charge in [0.1, 0.15) is 0 Å². The molecule has 1 aromatic carbocycles. The third kappa shape index (κ3) is 4.84. The Labute approximate surface area is 175 Å². The van der Waals surface area contributed by atoms with Gasteiger partial charge in [-0.2, -0.15) is 4.31 Å². The summed E-state index contributed by atoms with van der Waals surface area (Å²) in [5, 5.41) is 0. The smallest absolute Gasteiger partial charge is 0.243 e. The first kappa shape index (κ1) is 22.2. The van der Waals surface area contributed by atoms with E-state index in [1.165, 1.54) is 6.42 Å². The zero-order valence-electron chi connectivity index (χ0n) is 18.4. The number of piperidine rings is 1. The number of sulfonamides is 1. The van der Waals surface area contributed by atoms with Gasteiger partial charge in [0.05, 0.1) is 10.9 Å². The van der Waals surface area contributed by atoms with Gasteiger partial charge in [0.2, 0.25) is 15.9 Å². The first-order valence-corrected chi connectivity index (χ1v) is 12.1. The molecule has 0 radical (unpaired) electrons. The summed E-state index contributed by atoms with van der Waals surface area (Å²) in [5.41, 5.74) is 2.07. The van der Waals surface area contributed by atoms with Gasteiger partial charge in [0.25, 0.3) is 0 Å². The van der Waals surface area contributed by atoms with Gasteiger partial charge in [-0.05, 0) is 62.3 Å². The molecule has 2 heterocycles. The van der Waals surface area contributed by atoms with Gasteiger partial charge in [-0.1, -0.05) is 19.9 Å². The van der Waals surface area contributed by atoms with Crippen LogP contribution in [-0.4, -0.2) is 73.7 Å². The molecule has 3 atom stereocenters. The lowest BCUT2D eigenvalue weighted by Crippen LogP contribution is -2.56. The number of hydrogen-bond donors (Lipinski definition) is 0. The average Bonchev–Trinajstić information content (AvgIpc) is 2.68. The lowest BCUT2D eigenvalue weighted by Gasteiger charge is -2.41. The van der Waals surface area contributed by atoms with Crippen LogP contribution in [0.5, 0.6) is 0 Å². The van der Waals surface area contributed by atoms with Crippen molar-refractivity contribution in [2.75, 3.05) is 39.3 Å². The molecule has 0 spiro atoms. The fourth-order valence-electron chi connectivity index (χ4n) is 4.62. The third-order valence-corrected chi connectivity index (χ3v) is 8.37. The number of carbonyl (C=O) groups is 1. The molecular formula is C22H35N3O3S. The van der Waals surface area contributed by atoms with Gasteiger partial charge in [-0.15, -0.1) is 0 Å². The van der Waals surface area contributed by atoms with E-state index in [9.17, 15) is 13.2 Å². The number of rotatable bonds is 4. The summed E-state index contributed by atoms with van der Waals surface area (Å²) in [6.45, 7) is 13.9. The maximum absolute atomic E-state index is 13.0. The summed E-state index contributed by atoms with van der Waals surface area (Å²) in [6.07, 6.45) is 1.17. The molecule has 0 unspecified atom stereocenters. The highest BCUT2D eigenvalue weighted by Crippen LogP contribution is 2.24. The second-order valence-corrected chi connectivity index (χ2v) is 11.0. The molecule has 2 aliphatic rings. The van der Waals surface area contributed by atoms with Gasteiger partial charge in [0.15, 0.2) is 0 Å². The molecule has 1 amide bonds. The predicted octanol–water partition coefficient (Wildman–Crippen LogP) is 2.50. The fourth-order valence-corrected chi connectivity index (χ4v) is 6.13. The van der Waals surface area contributed by atoms with E-state index in [0.29, 0.717) is 42.9 Å². The number of aryl methyl sites for hydroxylation is 2. The summed E-state index contributed by atoms with van der Waals surface area (Å²) in [4.78, 5) is 17.5. The highest BCUT2D eigenvalue weighted by Gasteiger charge is 2.35. The highest BCUT2D eigenvalue weighted by molar-refractivity contribution is 7.89. The van der Waals surface area contributed by atoms with Crippen molar-refractivity contribution < 1.29 is 13.2 Å². The van der Waals surface area contributed by atoms with Crippen molar-refractivity contribution in [3.63, 3.8) is 0 Å². The maximum Gasteiger partial charge on any atom is 0.243 e. The SMILES string of the molecule is Cc1ccc(S(=O)(=O)N2CCN([C@H](C)C(=O)N3C[C@@H](C)C[C@H](C)C3)CC2)cc1C. The van der Waals surface area contributed by atoms with Crippen LogP contribution in [0, 0.1) is 25.7 Å². The molecule has 0 bridgehead atoms. The first-order chi connectivity index (χ1) is 13.6. The summed E-state index contributed by atoms with van der Waals surface area (Å²) >= 11 is 0. The van der Waals surface area contributed by atoms with Crippen molar-refractivity contribution in [2.24, 2.45) is 11.8 Å². The van der Waals surface area contributed by atoms with E-state index in [-0.39, 0.29) is 11.9 Å². The number of amides is 1. The monoisotopic (exact) mass is 421 g/mol. The van der Waals surface area contributed by atoms with Gasteiger partial charge >= 0.3 is 0 Å². The van der Waals surface area contributed by atoms with E-state index >= 15 is 0 Å². The minimum Gasteiger partial charge on any atom is -0.341 e. The molecule has 2 saturated heterocycles. The molecule has 29 heavy (non-hydrogen) atoms. The molecule has 162 valence electrons. The van der Waals surface area contributed by atoms with Crippen LogP contribution in [0.2, 0.25) is 0 Å². The van der Waals surface area contributed by atoms with Crippen molar-refractivity contribution in [2.45, 2.75) is 52.0 Å². The molecule has 2 aliphatic heterocycles. The third-order valence-electron chi connectivity index (χ3n) is 6.48. The molecule has 7 heteroatoms.